The lowest BCUT2D eigenvalue weighted by Crippen LogP contribution is -2.16. The van der Waals surface area contributed by atoms with Crippen molar-refractivity contribution in [1.82, 2.24) is 24.5 Å². The third-order valence-corrected chi connectivity index (χ3v) is 5.86. The molecule has 0 atom stereocenters. The first-order valence-electron chi connectivity index (χ1n) is 9.05. The van der Waals surface area contributed by atoms with E-state index >= 15 is 0 Å². The fraction of sp³-hybridized carbons (Fsp3) is 0.100. The van der Waals surface area contributed by atoms with Gasteiger partial charge in [-0.25, -0.2) is 33.1 Å². The smallest absolute Gasteiger partial charge is 0.264 e. The van der Waals surface area contributed by atoms with Crippen LogP contribution in [0.5, 0.6) is 0 Å². The highest BCUT2D eigenvalue weighted by molar-refractivity contribution is 7.92. The highest BCUT2D eigenvalue weighted by Gasteiger charge is 2.18. The van der Waals surface area contributed by atoms with Crippen LogP contribution in [0.25, 0.3) is 11.4 Å². The van der Waals surface area contributed by atoms with Gasteiger partial charge >= 0.3 is 0 Å². The minimum Gasteiger partial charge on any atom is -0.349 e. The molecule has 3 aromatic heterocycles. The molecule has 152 valence electrons. The summed E-state index contributed by atoms with van der Waals surface area (Å²) in [5.74, 6) is 0.435. The Morgan fingerprint density at radius 2 is 1.70 bits per heavy atom. The molecule has 4 aromatic rings. The average Bonchev–Trinajstić information content (AvgIpc) is 3.14. The van der Waals surface area contributed by atoms with E-state index in [1.807, 2.05) is 36.0 Å². The minimum atomic E-state index is -3.81. The fourth-order valence-corrected chi connectivity index (χ4v) is 4.16. The van der Waals surface area contributed by atoms with Crippen molar-refractivity contribution in [2.75, 3.05) is 10.0 Å². The standard InChI is InChI=1S/C20H19N7O2S/c1-14-13-15(6-7-18(14)30(28,29)26-19-21-9-4-10-22-19)24-20-23-11-8-16(25-20)17-5-3-12-27(17)2/h3-13H,1-2H3,(H,21,22,26)(H,23,24,25). The zero-order valence-corrected chi connectivity index (χ0v) is 17.1. The summed E-state index contributed by atoms with van der Waals surface area (Å²) in [7, 11) is -1.87. The molecule has 0 saturated carbocycles. The first-order chi connectivity index (χ1) is 14.4. The second kappa shape index (κ2) is 7.91. The lowest BCUT2D eigenvalue weighted by molar-refractivity contribution is 0.600. The van der Waals surface area contributed by atoms with Gasteiger partial charge in [-0.15, -0.1) is 0 Å². The van der Waals surface area contributed by atoms with E-state index < -0.39 is 10.0 Å². The Labute approximate surface area is 173 Å². The van der Waals surface area contributed by atoms with Crippen LogP contribution in [0.3, 0.4) is 0 Å². The number of benzene rings is 1. The number of anilines is 3. The summed E-state index contributed by atoms with van der Waals surface area (Å²) in [5.41, 5.74) is 2.98. The lowest BCUT2D eigenvalue weighted by Gasteiger charge is -2.12. The van der Waals surface area contributed by atoms with Crippen LogP contribution < -0.4 is 10.0 Å². The Morgan fingerprint density at radius 1 is 0.933 bits per heavy atom. The Hall–Kier alpha value is -3.79. The molecule has 0 aliphatic heterocycles. The van der Waals surface area contributed by atoms with E-state index in [4.69, 9.17) is 0 Å². The minimum absolute atomic E-state index is 0.0185. The number of rotatable bonds is 6. The van der Waals surface area contributed by atoms with Gasteiger partial charge < -0.3 is 9.88 Å². The molecular weight excluding hydrogens is 402 g/mol. The SMILES string of the molecule is Cc1cc(Nc2nccc(-c3cccn3C)n2)ccc1S(=O)(=O)Nc1ncccn1. The molecule has 9 nitrogen and oxygen atoms in total. The fourth-order valence-electron chi connectivity index (χ4n) is 2.97. The van der Waals surface area contributed by atoms with Gasteiger partial charge in [0.2, 0.25) is 11.9 Å². The van der Waals surface area contributed by atoms with Crippen LogP contribution in [0.2, 0.25) is 0 Å². The molecule has 3 heterocycles. The van der Waals surface area contributed by atoms with Crippen molar-refractivity contribution in [2.45, 2.75) is 11.8 Å². The van der Waals surface area contributed by atoms with Gasteiger partial charge in [0.05, 0.1) is 16.3 Å². The Balaban J connectivity index is 1.56. The summed E-state index contributed by atoms with van der Waals surface area (Å²) in [5, 5.41) is 3.12. The Morgan fingerprint density at radius 3 is 2.40 bits per heavy atom. The number of hydrogen-bond donors (Lipinski definition) is 2. The first kappa shape index (κ1) is 19.5. The van der Waals surface area contributed by atoms with Gasteiger partial charge in [-0.1, -0.05) is 0 Å². The van der Waals surface area contributed by atoms with Crippen molar-refractivity contribution < 1.29 is 8.42 Å². The van der Waals surface area contributed by atoms with Crippen molar-refractivity contribution in [3.63, 3.8) is 0 Å². The van der Waals surface area contributed by atoms with E-state index in [1.54, 1.807) is 31.3 Å². The highest BCUT2D eigenvalue weighted by Crippen LogP contribution is 2.24. The summed E-state index contributed by atoms with van der Waals surface area (Å²) in [6.07, 6.45) is 6.55. The summed E-state index contributed by atoms with van der Waals surface area (Å²) in [6.45, 7) is 1.72. The zero-order valence-electron chi connectivity index (χ0n) is 16.3. The topological polar surface area (TPSA) is 115 Å². The Kier molecular flexibility index (Phi) is 5.15. The predicted molar refractivity (Wildman–Crippen MR) is 114 cm³/mol. The van der Waals surface area contributed by atoms with E-state index in [0.717, 1.165) is 11.4 Å². The van der Waals surface area contributed by atoms with E-state index in [9.17, 15) is 8.42 Å². The molecule has 0 radical (unpaired) electrons. The predicted octanol–water partition coefficient (Wildman–Crippen LogP) is 3.12. The number of nitrogens with one attached hydrogen (secondary N) is 2. The molecule has 0 aliphatic carbocycles. The third kappa shape index (κ3) is 4.13. The Bertz CT molecular complexity index is 1290. The maximum Gasteiger partial charge on any atom is 0.264 e. The summed E-state index contributed by atoms with van der Waals surface area (Å²) >= 11 is 0. The molecule has 30 heavy (non-hydrogen) atoms. The molecule has 4 rings (SSSR count). The highest BCUT2D eigenvalue weighted by atomic mass is 32.2. The van der Waals surface area contributed by atoms with Crippen molar-refractivity contribution >= 4 is 27.6 Å². The van der Waals surface area contributed by atoms with Gasteiger partial charge in [-0.2, -0.15) is 0 Å². The van der Waals surface area contributed by atoms with Crippen molar-refractivity contribution in [3.05, 3.63) is 72.8 Å². The second-order valence-corrected chi connectivity index (χ2v) is 8.20. The van der Waals surface area contributed by atoms with Crippen LogP contribution in [-0.2, 0) is 17.1 Å². The molecular formula is C20H19N7O2S. The van der Waals surface area contributed by atoms with Gasteiger partial charge in [0.15, 0.2) is 0 Å². The summed E-state index contributed by atoms with van der Waals surface area (Å²) in [4.78, 5) is 16.7. The number of sulfonamides is 1. The molecule has 10 heteroatoms. The quantitative estimate of drug-likeness (QED) is 0.491. The van der Waals surface area contributed by atoms with Gasteiger partial charge in [0.25, 0.3) is 10.0 Å². The van der Waals surface area contributed by atoms with Crippen LogP contribution in [0.1, 0.15) is 5.56 Å². The van der Waals surface area contributed by atoms with Crippen LogP contribution in [0.4, 0.5) is 17.6 Å². The maximum atomic E-state index is 12.7. The molecule has 0 saturated heterocycles. The van der Waals surface area contributed by atoms with Gasteiger partial charge in [0, 0.05) is 37.5 Å². The van der Waals surface area contributed by atoms with Gasteiger partial charge in [0.1, 0.15) is 0 Å². The van der Waals surface area contributed by atoms with E-state index in [-0.39, 0.29) is 10.8 Å². The van der Waals surface area contributed by atoms with Crippen LogP contribution in [-0.4, -0.2) is 32.9 Å². The monoisotopic (exact) mass is 421 g/mol. The van der Waals surface area contributed by atoms with Crippen LogP contribution in [0, 0.1) is 6.92 Å². The molecule has 0 fully saturated rings. The largest absolute Gasteiger partial charge is 0.349 e. The average molecular weight is 421 g/mol. The van der Waals surface area contributed by atoms with Crippen molar-refractivity contribution in [1.29, 1.82) is 0 Å². The second-order valence-electron chi connectivity index (χ2n) is 6.55. The first-order valence-corrected chi connectivity index (χ1v) is 10.5. The van der Waals surface area contributed by atoms with Gasteiger partial charge in [-0.05, 0) is 55.0 Å². The van der Waals surface area contributed by atoms with Crippen LogP contribution in [0.15, 0.2) is 72.1 Å². The number of aromatic nitrogens is 5. The lowest BCUT2D eigenvalue weighted by atomic mass is 10.2. The van der Waals surface area contributed by atoms with E-state index in [2.05, 4.69) is 30.0 Å². The third-order valence-electron chi connectivity index (χ3n) is 4.37. The molecule has 0 spiro atoms. The normalized spacial score (nSPS) is 11.3. The molecule has 0 bridgehead atoms. The maximum absolute atomic E-state index is 12.7. The number of aryl methyl sites for hydroxylation is 2. The molecule has 0 amide bonds. The summed E-state index contributed by atoms with van der Waals surface area (Å²) in [6, 6.07) is 12.3. The number of nitrogens with zero attached hydrogens (tertiary/aromatic N) is 5. The molecule has 2 N–H and O–H groups in total. The van der Waals surface area contributed by atoms with Gasteiger partial charge in [-0.3, -0.25) is 0 Å². The summed E-state index contributed by atoms with van der Waals surface area (Å²) < 4.78 is 29.7. The van der Waals surface area contributed by atoms with Crippen molar-refractivity contribution in [2.24, 2.45) is 7.05 Å². The molecule has 1 aromatic carbocycles. The van der Waals surface area contributed by atoms with E-state index in [1.165, 1.54) is 18.5 Å². The van der Waals surface area contributed by atoms with Crippen molar-refractivity contribution in [3.8, 4) is 11.4 Å². The molecule has 0 unspecified atom stereocenters. The zero-order chi connectivity index (χ0) is 21.1. The van der Waals surface area contributed by atoms with Crippen LogP contribution >= 0.6 is 0 Å². The number of hydrogen-bond acceptors (Lipinski definition) is 7. The molecule has 0 aliphatic rings. The van der Waals surface area contributed by atoms with E-state index in [0.29, 0.717) is 17.2 Å².